The van der Waals surface area contributed by atoms with Gasteiger partial charge in [0.25, 0.3) is 0 Å². The Morgan fingerprint density at radius 1 is 1.04 bits per heavy atom. The Balaban J connectivity index is 1.39. The van der Waals surface area contributed by atoms with E-state index in [4.69, 9.17) is 0 Å². The summed E-state index contributed by atoms with van der Waals surface area (Å²) in [5, 5.41) is 0. The first-order valence-corrected chi connectivity index (χ1v) is 10.0. The molecule has 140 valence electrons. The molecule has 5 nitrogen and oxygen atoms in total. The molecule has 4 fully saturated rings. The van der Waals surface area contributed by atoms with E-state index >= 15 is 0 Å². The van der Waals surface area contributed by atoms with Crippen LogP contribution in [0.4, 0.5) is 0 Å². The highest BCUT2D eigenvalue weighted by Crippen LogP contribution is 2.29. The number of amides is 2. The number of benzene rings is 1. The van der Waals surface area contributed by atoms with E-state index < -0.39 is 0 Å². The summed E-state index contributed by atoms with van der Waals surface area (Å²) in [6, 6.07) is 11.1. The van der Waals surface area contributed by atoms with E-state index in [1.165, 1.54) is 18.4 Å². The molecule has 0 unspecified atom stereocenters. The molecule has 0 saturated carbocycles. The summed E-state index contributed by atoms with van der Waals surface area (Å²) in [7, 11) is 0. The van der Waals surface area contributed by atoms with Crippen LogP contribution in [0.2, 0.25) is 0 Å². The van der Waals surface area contributed by atoms with Gasteiger partial charge in [0.2, 0.25) is 11.8 Å². The van der Waals surface area contributed by atoms with E-state index in [1.54, 1.807) is 4.90 Å². The molecule has 5 heteroatoms. The number of hydrogen-bond acceptors (Lipinski definition) is 3. The van der Waals surface area contributed by atoms with Gasteiger partial charge in [-0.3, -0.25) is 14.5 Å². The van der Waals surface area contributed by atoms with Gasteiger partial charge in [-0.2, -0.15) is 0 Å². The Labute approximate surface area is 155 Å². The van der Waals surface area contributed by atoms with Crippen LogP contribution in [-0.2, 0) is 16.1 Å². The molecule has 4 heterocycles. The van der Waals surface area contributed by atoms with E-state index in [1.807, 2.05) is 4.90 Å². The van der Waals surface area contributed by atoms with Gasteiger partial charge in [-0.1, -0.05) is 30.3 Å². The molecule has 5 rings (SSSR count). The number of carbonyl (C=O) groups is 2. The fourth-order valence-electron chi connectivity index (χ4n) is 4.69. The number of rotatable bonds is 4. The summed E-state index contributed by atoms with van der Waals surface area (Å²) in [6.45, 7) is 4.72. The molecule has 0 aliphatic carbocycles. The fourth-order valence-corrected chi connectivity index (χ4v) is 4.69. The minimum Gasteiger partial charge on any atom is -0.339 e. The van der Waals surface area contributed by atoms with E-state index in [-0.39, 0.29) is 18.4 Å². The molecule has 26 heavy (non-hydrogen) atoms. The van der Waals surface area contributed by atoms with Crippen LogP contribution in [0.1, 0.15) is 37.7 Å². The zero-order valence-corrected chi connectivity index (χ0v) is 15.5. The van der Waals surface area contributed by atoms with Crippen molar-refractivity contribution in [3.8, 4) is 0 Å². The molecule has 4 saturated heterocycles. The van der Waals surface area contributed by atoms with Crippen molar-refractivity contribution in [1.29, 1.82) is 0 Å². The second-order valence-electron chi connectivity index (χ2n) is 8.08. The molecule has 0 N–H and O–H groups in total. The maximum absolute atomic E-state index is 12.9. The number of piperidine rings is 2. The van der Waals surface area contributed by atoms with Crippen LogP contribution in [0.3, 0.4) is 0 Å². The summed E-state index contributed by atoms with van der Waals surface area (Å²) in [5.74, 6) is 0.838. The molecule has 2 bridgehead atoms. The highest BCUT2D eigenvalue weighted by atomic mass is 16.2. The van der Waals surface area contributed by atoms with Crippen molar-refractivity contribution in [3.05, 3.63) is 35.9 Å². The summed E-state index contributed by atoms with van der Waals surface area (Å²) < 4.78 is 0. The average molecular weight is 355 g/mol. The molecule has 0 aromatic heterocycles. The minimum absolute atomic E-state index is 0.138. The van der Waals surface area contributed by atoms with Crippen LogP contribution in [0, 0.1) is 5.92 Å². The standard InChI is InChI=1S/C21H29N3O2/c25-20-8-4-5-11-22(20)16-21(26)24-14-18-9-10-19(15-24)23(13-18)12-17-6-2-1-3-7-17/h1-3,6-7,18-19H,4-5,8-16H2/t18-,19-/m1/s1. The van der Waals surface area contributed by atoms with Gasteiger partial charge in [0, 0.05) is 45.2 Å². The molecule has 0 spiro atoms. The first-order chi connectivity index (χ1) is 12.7. The number of nitrogens with zero attached hydrogens (tertiary/aromatic N) is 3. The van der Waals surface area contributed by atoms with Crippen molar-refractivity contribution >= 4 is 11.8 Å². The van der Waals surface area contributed by atoms with Gasteiger partial charge in [-0.25, -0.2) is 0 Å². The Hall–Kier alpha value is -1.88. The molecular formula is C21H29N3O2. The zero-order chi connectivity index (χ0) is 17.9. The van der Waals surface area contributed by atoms with Crippen molar-refractivity contribution in [2.75, 3.05) is 32.7 Å². The lowest BCUT2D eigenvalue weighted by Gasteiger charge is -2.36. The Morgan fingerprint density at radius 3 is 2.69 bits per heavy atom. The Bertz CT molecular complexity index is 648. The number of hydrogen-bond donors (Lipinski definition) is 0. The van der Waals surface area contributed by atoms with Gasteiger partial charge in [-0.05, 0) is 37.2 Å². The second kappa shape index (κ2) is 7.78. The normalized spacial score (nSPS) is 26.8. The maximum Gasteiger partial charge on any atom is 0.242 e. The van der Waals surface area contributed by atoms with Gasteiger partial charge >= 0.3 is 0 Å². The fraction of sp³-hybridized carbons (Fsp3) is 0.619. The second-order valence-corrected chi connectivity index (χ2v) is 8.08. The van der Waals surface area contributed by atoms with Gasteiger partial charge in [0.15, 0.2) is 0 Å². The topological polar surface area (TPSA) is 43.9 Å². The third kappa shape index (κ3) is 3.93. The quantitative estimate of drug-likeness (QED) is 0.831. The lowest BCUT2D eigenvalue weighted by molar-refractivity contribution is -0.142. The van der Waals surface area contributed by atoms with E-state index in [0.29, 0.717) is 18.4 Å². The molecule has 0 radical (unpaired) electrons. The third-order valence-corrected chi connectivity index (χ3v) is 6.16. The Morgan fingerprint density at radius 2 is 1.88 bits per heavy atom. The summed E-state index contributed by atoms with van der Waals surface area (Å²) in [4.78, 5) is 31.2. The number of fused-ring (bicyclic) bond motifs is 4. The molecule has 2 atom stereocenters. The minimum atomic E-state index is 0.138. The summed E-state index contributed by atoms with van der Waals surface area (Å²) >= 11 is 0. The van der Waals surface area contributed by atoms with Crippen LogP contribution in [0.15, 0.2) is 30.3 Å². The van der Waals surface area contributed by atoms with E-state index in [2.05, 4.69) is 35.2 Å². The van der Waals surface area contributed by atoms with Crippen molar-refractivity contribution in [1.82, 2.24) is 14.7 Å². The molecule has 4 aliphatic rings. The van der Waals surface area contributed by atoms with Crippen LogP contribution < -0.4 is 0 Å². The molecular weight excluding hydrogens is 326 g/mol. The predicted octanol–water partition coefficient (Wildman–Crippen LogP) is 2.12. The van der Waals surface area contributed by atoms with Gasteiger partial charge in [0.1, 0.15) is 0 Å². The highest BCUT2D eigenvalue weighted by Gasteiger charge is 2.36. The number of carbonyl (C=O) groups excluding carboxylic acids is 2. The highest BCUT2D eigenvalue weighted by molar-refractivity contribution is 5.85. The largest absolute Gasteiger partial charge is 0.339 e. The van der Waals surface area contributed by atoms with Crippen LogP contribution >= 0.6 is 0 Å². The lowest BCUT2D eigenvalue weighted by atomic mass is 9.94. The molecule has 1 aromatic rings. The smallest absolute Gasteiger partial charge is 0.242 e. The average Bonchev–Trinajstić information content (AvgIpc) is 2.96. The molecule has 2 amide bonds. The third-order valence-electron chi connectivity index (χ3n) is 6.16. The van der Waals surface area contributed by atoms with Gasteiger partial charge < -0.3 is 9.80 Å². The van der Waals surface area contributed by atoms with Crippen molar-refractivity contribution in [2.45, 2.75) is 44.7 Å². The molecule has 4 aliphatic heterocycles. The Kier molecular flexibility index (Phi) is 5.25. The lowest BCUT2D eigenvalue weighted by Crippen LogP contribution is -2.47. The van der Waals surface area contributed by atoms with Gasteiger partial charge in [0.05, 0.1) is 6.54 Å². The van der Waals surface area contributed by atoms with Crippen molar-refractivity contribution < 1.29 is 9.59 Å². The van der Waals surface area contributed by atoms with Crippen molar-refractivity contribution in [3.63, 3.8) is 0 Å². The summed E-state index contributed by atoms with van der Waals surface area (Å²) in [6.07, 6.45) is 4.97. The SMILES string of the molecule is O=C1CCCCN1CC(=O)N1C[C@@H]2CC[C@H](C1)N(Cc1ccccc1)C2. The van der Waals surface area contributed by atoms with Gasteiger partial charge in [-0.15, -0.1) is 0 Å². The summed E-state index contributed by atoms with van der Waals surface area (Å²) in [5.41, 5.74) is 1.34. The van der Waals surface area contributed by atoms with Crippen LogP contribution in [0.25, 0.3) is 0 Å². The van der Waals surface area contributed by atoms with Crippen LogP contribution in [0.5, 0.6) is 0 Å². The van der Waals surface area contributed by atoms with E-state index in [9.17, 15) is 9.59 Å². The molecule has 1 aromatic carbocycles. The number of likely N-dealkylation sites (tertiary alicyclic amines) is 1. The van der Waals surface area contributed by atoms with Crippen molar-refractivity contribution in [2.24, 2.45) is 5.92 Å². The maximum atomic E-state index is 12.9. The predicted molar refractivity (Wildman–Crippen MR) is 100 cm³/mol. The first-order valence-electron chi connectivity index (χ1n) is 10.0. The zero-order valence-electron chi connectivity index (χ0n) is 15.5. The first kappa shape index (κ1) is 17.5. The monoisotopic (exact) mass is 355 g/mol. The van der Waals surface area contributed by atoms with E-state index in [0.717, 1.165) is 45.6 Å². The van der Waals surface area contributed by atoms with Crippen LogP contribution in [-0.4, -0.2) is 65.3 Å².